The van der Waals surface area contributed by atoms with Gasteiger partial charge in [0.2, 0.25) is 6.33 Å². The number of rotatable bonds is 5. The zero-order valence-corrected chi connectivity index (χ0v) is 11.7. The molecule has 1 atom stereocenters. The van der Waals surface area contributed by atoms with E-state index in [0.29, 0.717) is 5.56 Å². The van der Waals surface area contributed by atoms with Crippen LogP contribution >= 0.6 is 0 Å². The van der Waals surface area contributed by atoms with E-state index >= 15 is 0 Å². The third-order valence-corrected chi connectivity index (χ3v) is 2.98. The Morgan fingerprint density at radius 3 is 2.62 bits per heavy atom. The first-order chi connectivity index (χ1) is 10.0. The van der Waals surface area contributed by atoms with Gasteiger partial charge in [0.15, 0.2) is 6.04 Å². The van der Waals surface area contributed by atoms with Crippen LogP contribution in [0.3, 0.4) is 0 Å². The topological polar surface area (TPSA) is 87.3 Å². The largest absolute Gasteiger partial charge is 0.464 e. The predicted octanol–water partition coefficient (Wildman–Crippen LogP) is 2.25. The Balaban J connectivity index is 2.42. The van der Waals surface area contributed by atoms with Crippen LogP contribution in [0.15, 0.2) is 36.8 Å². The van der Waals surface area contributed by atoms with Gasteiger partial charge in [0.1, 0.15) is 6.20 Å². The van der Waals surface area contributed by atoms with Crippen LogP contribution in [0.4, 0.5) is 5.82 Å². The lowest BCUT2D eigenvalue weighted by Crippen LogP contribution is -2.22. The number of nitro groups is 1. The number of carbonyl (C=O) groups excluding carboxylic acids is 1. The fourth-order valence-corrected chi connectivity index (χ4v) is 1.96. The van der Waals surface area contributed by atoms with E-state index < -0.39 is 16.9 Å². The number of imidazole rings is 1. The molecule has 1 heterocycles. The SMILES string of the molecule is CCOC(=O)C(c1ccc(C)cc1)n1cnc([N+](=O)[O-])c1. The predicted molar refractivity (Wildman–Crippen MR) is 74.8 cm³/mol. The third kappa shape index (κ3) is 3.25. The molecule has 1 aromatic carbocycles. The molecular formula is C14H15N3O4. The minimum Gasteiger partial charge on any atom is -0.464 e. The Morgan fingerprint density at radius 1 is 1.43 bits per heavy atom. The number of aromatic nitrogens is 2. The van der Waals surface area contributed by atoms with Gasteiger partial charge in [0, 0.05) is 0 Å². The summed E-state index contributed by atoms with van der Waals surface area (Å²) in [6.45, 7) is 3.88. The highest BCUT2D eigenvalue weighted by molar-refractivity contribution is 5.78. The molecule has 0 aliphatic heterocycles. The molecule has 7 heteroatoms. The number of hydrogen-bond donors (Lipinski definition) is 0. The summed E-state index contributed by atoms with van der Waals surface area (Å²) in [7, 11) is 0. The molecule has 1 unspecified atom stereocenters. The van der Waals surface area contributed by atoms with E-state index in [1.54, 1.807) is 19.1 Å². The maximum absolute atomic E-state index is 12.2. The van der Waals surface area contributed by atoms with E-state index in [2.05, 4.69) is 4.98 Å². The van der Waals surface area contributed by atoms with Gasteiger partial charge in [-0.05, 0) is 29.3 Å². The van der Waals surface area contributed by atoms with Crippen LogP contribution in [0.2, 0.25) is 0 Å². The average Bonchev–Trinajstić information content (AvgIpc) is 2.91. The van der Waals surface area contributed by atoms with Crippen molar-refractivity contribution in [2.75, 3.05) is 6.61 Å². The van der Waals surface area contributed by atoms with Gasteiger partial charge in [-0.1, -0.05) is 29.8 Å². The molecule has 2 rings (SSSR count). The number of benzene rings is 1. The molecule has 0 saturated heterocycles. The van der Waals surface area contributed by atoms with Gasteiger partial charge >= 0.3 is 11.8 Å². The molecule has 0 spiro atoms. The molecule has 0 aliphatic rings. The maximum Gasteiger partial charge on any atom is 0.381 e. The van der Waals surface area contributed by atoms with Crippen LogP contribution in [0.1, 0.15) is 24.1 Å². The molecule has 0 radical (unpaired) electrons. The van der Waals surface area contributed by atoms with E-state index in [-0.39, 0.29) is 12.4 Å². The summed E-state index contributed by atoms with van der Waals surface area (Å²) >= 11 is 0. The highest BCUT2D eigenvalue weighted by Gasteiger charge is 2.26. The molecule has 2 aromatic rings. The van der Waals surface area contributed by atoms with Crippen LogP contribution in [0.25, 0.3) is 0 Å². The molecule has 0 bridgehead atoms. The first-order valence-corrected chi connectivity index (χ1v) is 6.44. The lowest BCUT2D eigenvalue weighted by Gasteiger charge is -2.16. The summed E-state index contributed by atoms with van der Waals surface area (Å²) in [5, 5.41) is 10.7. The normalized spacial score (nSPS) is 11.9. The van der Waals surface area contributed by atoms with Crippen molar-refractivity contribution in [1.29, 1.82) is 0 Å². The van der Waals surface area contributed by atoms with Crippen molar-refractivity contribution in [2.45, 2.75) is 19.9 Å². The Hall–Kier alpha value is -2.70. The summed E-state index contributed by atoms with van der Waals surface area (Å²) in [6.07, 6.45) is 2.49. The second kappa shape index (κ2) is 6.17. The zero-order valence-electron chi connectivity index (χ0n) is 11.7. The van der Waals surface area contributed by atoms with E-state index in [9.17, 15) is 14.9 Å². The molecule has 21 heavy (non-hydrogen) atoms. The van der Waals surface area contributed by atoms with Crippen molar-refractivity contribution in [3.8, 4) is 0 Å². The zero-order chi connectivity index (χ0) is 15.4. The van der Waals surface area contributed by atoms with Gasteiger partial charge in [-0.15, -0.1) is 0 Å². The average molecular weight is 289 g/mol. The first kappa shape index (κ1) is 14.7. The fraction of sp³-hybridized carbons (Fsp3) is 0.286. The number of hydrogen-bond acceptors (Lipinski definition) is 5. The van der Waals surface area contributed by atoms with E-state index in [0.717, 1.165) is 5.56 Å². The van der Waals surface area contributed by atoms with Crippen LogP contribution in [0.5, 0.6) is 0 Å². The van der Waals surface area contributed by atoms with Crippen molar-refractivity contribution in [3.05, 3.63) is 58.0 Å². The second-order valence-corrected chi connectivity index (χ2v) is 4.50. The lowest BCUT2D eigenvalue weighted by atomic mass is 10.1. The summed E-state index contributed by atoms with van der Waals surface area (Å²) in [5.41, 5.74) is 1.74. The van der Waals surface area contributed by atoms with Crippen molar-refractivity contribution in [2.24, 2.45) is 0 Å². The molecule has 110 valence electrons. The van der Waals surface area contributed by atoms with Crippen LogP contribution in [-0.2, 0) is 9.53 Å². The summed E-state index contributed by atoms with van der Waals surface area (Å²) in [5.74, 6) is -0.787. The lowest BCUT2D eigenvalue weighted by molar-refractivity contribution is -0.389. The third-order valence-electron chi connectivity index (χ3n) is 2.98. The van der Waals surface area contributed by atoms with E-state index in [4.69, 9.17) is 4.74 Å². The number of carbonyl (C=O) groups is 1. The molecule has 1 aromatic heterocycles. The van der Waals surface area contributed by atoms with Crippen LogP contribution in [0, 0.1) is 17.0 Å². The Kier molecular flexibility index (Phi) is 4.32. The van der Waals surface area contributed by atoms with Crippen LogP contribution in [-0.4, -0.2) is 27.1 Å². The highest BCUT2D eigenvalue weighted by Crippen LogP contribution is 2.22. The molecule has 0 saturated carbocycles. The molecule has 0 N–H and O–H groups in total. The van der Waals surface area contributed by atoms with E-state index in [1.807, 2.05) is 19.1 Å². The van der Waals surface area contributed by atoms with Crippen molar-refractivity contribution >= 4 is 11.8 Å². The summed E-state index contributed by atoms with van der Waals surface area (Å²) in [6, 6.07) is 6.54. The smallest absolute Gasteiger partial charge is 0.381 e. The van der Waals surface area contributed by atoms with Crippen molar-refractivity contribution in [1.82, 2.24) is 9.55 Å². The number of ether oxygens (including phenoxy) is 1. The molecule has 0 amide bonds. The van der Waals surface area contributed by atoms with Gasteiger partial charge in [0.05, 0.1) is 6.61 Å². The van der Waals surface area contributed by atoms with Gasteiger partial charge in [-0.2, -0.15) is 0 Å². The van der Waals surface area contributed by atoms with Gasteiger partial charge in [-0.3, -0.25) is 4.57 Å². The second-order valence-electron chi connectivity index (χ2n) is 4.50. The minimum atomic E-state index is -0.785. The van der Waals surface area contributed by atoms with Crippen LogP contribution < -0.4 is 0 Å². The number of esters is 1. The first-order valence-electron chi connectivity index (χ1n) is 6.44. The standard InChI is InChI=1S/C14H15N3O4/c1-3-21-14(18)13(11-6-4-10(2)5-7-11)16-8-12(15-9-16)17(19)20/h4-9,13H,3H2,1-2H3. The van der Waals surface area contributed by atoms with Gasteiger partial charge in [0.25, 0.3) is 0 Å². The molecule has 0 aliphatic carbocycles. The Bertz CT molecular complexity index is 648. The minimum absolute atomic E-state index is 0.234. The number of nitrogens with zero attached hydrogens (tertiary/aromatic N) is 3. The van der Waals surface area contributed by atoms with Crippen molar-refractivity contribution < 1.29 is 14.5 Å². The van der Waals surface area contributed by atoms with Crippen molar-refractivity contribution in [3.63, 3.8) is 0 Å². The highest BCUT2D eigenvalue weighted by atomic mass is 16.6. The molecule has 0 fully saturated rings. The summed E-state index contributed by atoms with van der Waals surface area (Å²) in [4.78, 5) is 26.0. The summed E-state index contributed by atoms with van der Waals surface area (Å²) < 4.78 is 6.45. The fourth-order valence-electron chi connectivity index (χ4n) is 1.96. The van der Waals surface area contributed by atoms with Gasteiger partial charge in [-0.25, -0.2) is 4.79 Å². The maximum atomic E-state index is 12.2. The van der Waals surface area contributed by atoms with Gasteiger partial charge < -0.3 is 14.9 Å². The Morgan fingerprint density at radius 2 is 2.10 bits per heavy atom. The number of aryl methyl sites for hydroxylation is 1. The molecule has 7 nitrogen and oxygen atoms in total. The van der Waals surface area contributed by atoms with E-state index in [1.165, 1.54) is 17.1 Å². The monoisotopic (exact) mass is 289 g/mol. The molecular weight excluding hydrogens is 274 g/mol. The quantitative estimate of drug-likeness (QED) is 0.478. The Labute approximate surface area is 121 Å².